The molecule has 0 saturated carbocycles. The maximum absolute atomic E-state index is 10.5. The maximum Gasteiger partial charge on any atom is 0.191 e. The van der Waals surface area contributed by atoms with Crippen LogP contribution in [0.15, 0.2) is 29.3 Å². The van der Waals surface area contributed by atoms with Crippen molar-refractivity contribution < 1.29 is 9.84 Å². The first-order chi connectivity index (χ1) is 13.9. The lowest BCUT2D eigenvalue weighted by molar-refractivity contribution is 0.180. The molecule has 2 aromatic rings. The monoisotopic (exact) mass is 402 g/mol. The number of guanidine groups is 1. The molecule has 0 spiro atoms. The van der Waals surface area contributed by atoms with E-state index in [0.717, 1.165) is 42.3 Å². The second-order valence-electron chi connectivity index (χ2n) is 7.30. The molecule has 2 rings (SSSR count). The zero-order valence-electron chi connectivity index (χ0n) is 18.1. The number of aromatic nitrogens is 3. The molecule has 0 aliphatic rings. The van der Waals surface area contributed by atoms with E-state index in [2.05, 4.69) is 32.7 Å². The lowest BCUT2D eigenvalue weighted by Crippen LogP contribution is -2.40. The number of aliphatic hydroxyl groups is 1. The fourth-order valence-electron chi connectivity index (χ4n) is 2.65. The Bertz CT molecular complexity index is 770. The number of aryl methyl sites for hydroxylation is 1. The Balaban J connectivity index is 1.96. The summed E-state index contributed by atoms with van der Waals surface area (Å²) in [4.78, 5) is 4.59. The summed E-state index contributed by atoms with van der Waals surface area (Å²) in [6.07, 6.45) is 1.61. The van der Waals surface area contributed by atoms with Gasteiger partial charge < -0.3 is 25.0 Å². The number of hydrogen-bond donors (Lipinski definition) is 3. The topological polar surface area (TPSA) is 96.6 Å². The highest BCUT2D eigenvalue weighted by atomic mass is 16.5. The minimum absolute atomic E-state index is 0.123. The molecule has 8 nitrogen and oxygen atoms in total. The second-order valence-corrected chi connectivity index (χ2v) is 7.30. The molecular weight excluding hydrogens is 368 g/mol. The zero-order valence-corrected chi connectivity index (χ0v) is 18.1. The molecule has 0 aliphatic heterocycles. The number of aliphatic imine (C=N–C) groups is 1. The van der Waals surface area contributed by atoms with Crippen molar-refractivity contribution in [1.82, 2.24) is 25.4 Å². The molecule has 1 unspecified atom stereocenters. The molecule has 0 amide bonds. The SMILES string of the molecule is CCCCNC(=NCc1nnc(C)n1C)NCC(O)c1ccc(OC(C)C)cc1. The number of hydrogen-bond acceptors (Lipinski definition) is 5. The van der Waals surface area contributed by atoms with Gasteiger partial charge >= 0.3 is 0 Å². The number of nitrogens with zero attached hydrogens (tertiary/aromatic N) is 4. The molecule has 8 heteroatoms. The number of benzene rings is 1. The quantitative estimate of drug-likeness (QED) is 0.321. The molecule has 160 valence electrons. The highest BCUT2D eigenvalue weighted by molar-refractivity contribution is 5.79. The van der Waals surface area contributed by atoms with Crippen molar-refractivity contribution in [3.05, 3.63) is 41.5 Å². The third kappa shape index (κ3) is 7.38. The second kappa shape index (κ2) is 11.4. The van der Waals surface area contributed by atoms with E-state index < -0.39 is 6.10 Å². The molecule has 1 atom stereocenters. The van der Waals surface area contributed by atoms with Crippen LogP contribution in [0.3, 0.4) is 0 Å². The normalized spacial score (nSPS) is 12.9. The van der Waals surface area contributed by atoms with Crippen LogP contribution < -0.4 is 15.4 Å². The van der Waals surface area contributed by atoms with Crippen LogP contribution >= 0.6 is 0 Å². The first-order valence-electron chi connectivity index (χ1n) is 10.2. The third-order valence-corrected chi connectivity index (χ3v) is 4.48. The van der Waals surface area contributed by atoms with Gasteiger partial charge in [0.05, 0.1) is 12.2 Å². The summed E-state index contributed by atoms with van der Waals surface area (Å²) in [7, 11) is 1.92. The van der Waals surface area contributed by atoms with Crippen LogP contribution in [-0.2, 0) is 13.6 Å². The van der Waals surface area contributed by atoms with Gasteiger partial charge in [-0.1, -0.05) is 25.5 Å². The van der Waals surface area contributed by atoms with Gasteiger partial charge in [-0.15, -0.1) is 10.2 Å². The lowest BCUT2D eigenvalue weighted by Gasteiger charge is -2.17. The van der Waals surface area contributed by atoms with E-state index in [0.29, 0.717) is 19.0 Å². The van der Waals surface area contributed by atoms with Gasteiger partial charge in [-0.05, 0) is 44.9 Å². The van der Waals surface area contributed by atoms with Gasteiger partial charge in [0.15, 0.2) is 11.8 Å². The van der Waals surface area contributed by atoms with Crippen LogP contribution in [0.1, 0.15) is 56.9 Å². The summed E-state index contributed by atoms with van der Waals surface area (Å²) >= 11 is 0. The van der Waals surface area contributed by atoms with Crippen molar-refractivity contribution in [2.24, 2.45) is 12.0 Å². The van der Waals surface area contributed by atoms with Gasteiger partial charge in [-0.25, -0.2) is 4.99 Å². The predicted octanol–water partition coefficient (Wildman–Crippen LogP) is 2.48. The van der Waals surface area contributed by atoms with E-state index in [1.165, 1.54) is 0 Å². The smallest absolute Gasteiger partial charge is 0.191 e. The van der Waals surface area contributed by atoms with Gasteiger partial charge in [0.25, 0.3) is 0 Å². The summed E-state index contributed by atoms with van der Waals surface area (Å²) in [5.41, 5.74) is 0.824. The van der Waals surface area contributed by atoms with Gasteiger partial charge in [0.1, 0.15) is 18.1 Å². The lowest BCUT2D eigenvalue weighted by atomic mass is 10.1. The summed E-state index contributed by atoms with van der Waals surface area (Å²) < 4.78 is 7.57. The molecule has 1 heterocycles. The number of rotatable bonds is 10. The van der Waals surface area contributed by atoms with E-state index in [9.17, 15) is 5.11 Å². The molecule has 0 bridgehead atoms. The number of aliphatic hydroxyl groups excluding tert-OH is 1. The first-order valence-corrected chi connectivity index (χ1v) is 10.2. The minimum Gasteiger partial charge on any atom is -0.491 e. The zero-order chi connectivity index (χ0) is 21.2. The Morgan fingerprint density at radius 2 is 1.93 bits per heavy atom. The molecular formula is C21H34N6O2. The van der Waals surface area contributed by atoms with Crippen LogP contribution in [0.4, 0.5) is 0 Å². The van der Waals surface area contributed by atoms with Gasteiger partial charge in [0.2, 0.25) is 0 Å². The summed E-state index contributed by atoms with van der Waals surface area (Å²) in [5, 5.41) is 25.3. The standard InChI is InChI=1S/C21H34N6O2/c1-6-7-12-22-21(24-14-20-26-25-16(4)27(20)5)23-13-19(28)17-8-10-18(11-9-17)29-15(2)3/h8-11,15,19,28H,6-7,12-14H2,1-5H3,(H2,22,23,24). The predicted molar refractivity (Wildman–Crippen MR) is 115 cm³/mol. The first kappa shape index (κ1) is 22.7. The van der Waals surface area contributed by atoms with Crippen molar-refractivity contribution >= 4 is 5.96 Å². The molecule has 0 saturated heterocycles. The Labute approximate surface area is 173 Å². The van der Waals surface area contributed by atoms with Gasteiger partial charge in [-0.3, -0.25) is 0 Å². The van der Waals surface area contributed by atoms with Crippen LogP contribution in [0.5, 0.6) is 5.75 Å². The highest BCUT2D eigenvalue weighted by Crippen LogP contribution is 2.18. The van der Waals surface area contributed by atoms with E-state index in [1.807, 2.05) is 56.7 Å². The van der Waals surface area contributed by atoms with Crippen molar-refractivity contribution in [2.45, 2.75) is 59.3 Å². The summed E-state index contributed by atoms with van der Waals surface area (Å²) in [6.45, 7) is 9.61. The van der Waals surface area contributed by atoms with Gasteiger partial charge in [-0.2, -0.15) is 0 Å². The Morgan fingerprint density at radius 3 is 2.52 bits per heavy atom. The fraction of sp³-hybridized carbons (Fsp3) is 0.571. The van der Waals surface area contributed by atoms with Crippen molar-refractivity contribution in [1.29, 1.82) is 0 Å². The third-order valence-electron chi connectivity index (χ3n) is 4.48. The summed E-state index contributed by atoms with van der Waals surface area (Å²) in [5.74, 6) is 3.09. The van der Waals surface area contributed by atoms with Crippen LogP contribution in [0.25, 0.3) is 0 Å². The molecule has 3 N–H and O–H groups in total. The van der Waals surface area contributed by atoms with Crippen molar-refractivity contribution in [3.63, 3.8) is 0 Å². The highest BCUT2D eigenvalue weighted by Gasteiger charge is 2.10. The molecule has 0 aliphatic carbocycles. The number of ether oxygens (including phenoxy) is 1. The average Bonchev–Trinajstić information content (AvgIpc) is 3.01. The van der Waals surface area contributed by atoms with Crippen LogP contribution in [-0.4, -0.2) is 45.0 Å². The Hall–Kier alpha value is -2.61. The van der Waals surface area contributed by atoms with E-state index >= 15 is 0 Å². The number of unbranched alkanes of at least 4 members (excludes halogenated alkanes) is 1. The number of nitrogens with one attached hydrogen (secondary N) is 2. The van der Waals surface area contributed by atoms with Gasteiger partial charge in [0, 0.05) is 20.1 Å². The van der Waals surface area contributed by atoms with E-state index in [1.54, 1.807) is 0 Å². The van der Waals surface area contributed by atoms with E-state index in [4.69, 9.17) is 4.74 Å². The van der Waals surface area contributed by atoms with Crippen molar-refractivity contribution in [2.75, 3.05) is 13.1 Å². The van der Waals surface area contributed by atoms with Crippen LogP contribution in [0, 0.1) is 6.92 Å². The summed E-state index contributed by atoms with van der Waals surface area (Å²) in [6, 6.07) is 7.52. The average molecular weight is 403 g/mol. The Kier molecular flexibility index (Phi) is 8.92. The largest absolute Gasteiger partial charge is 0.491 e. The van der Waals surface area contributed by atoms with Crippen molar-refractivity contribution in [3.8, 4) is 5.75 Å². The van der Waals surface area contributed by atoms with E-state index in [-0.39, 0.29) is 6.10 Å². The molecule has 1 aromatic carbocycles. The minimum atomic E-state index is -0.654. The molecule has 1 aromatic heterocycles. The van der Waals surface area contributed by atoms with Crippen LogP contribution in [0.2, 0.25) is 0 Å². The fourth-order valence-corrected chi connectivity index (χ4v) is 2.65. The molecule has 0 fully saturated rings. The maximum atomic E-state index is 10.5. The Morgan fingerprint density at radius 1 is 1.21 bits per heavy atom. The molecule has 0 radical (unpaired) electrons. The molecule has 29 heavy (non-hydrogen) atoms.